The zero-order chi connectivity index (χ0) is 44.9. The maximum Gasteiger partial charge on any atom is 0.309 e. The second-order valence-corrected chi connectivity index (χ2v) is 18.8. The molecule has 5 heterocycles. The number of carbonyl (C=O) groups excluding carboxylic acids is 1. The van der Waals surface area contributed by atoms with Crippen LogP contribution in [0.15, 0.2) is 152 Å². The number of epoxide rings is 2. The molecule has 2 saturated carbocycles. The van der Waals surface area contributed by atoms with Gasteiger partial charge >= 0.3 is 5.97 Å². The van der Waals surface area contributed by atoms with Gasteiger partial charge in [-0.1, -0.05) is 97.1 Å². The smallest absolute Gasteiger partial charge is 0.309 e. The number of para-hydroxylation sites is 4. The third-order valence-corrected chi connectivity index (χ3v) is 14.2. The molecule has 4 fully saturated rings. The van der Waals surface area contributed by atoms with Crippen LogP contribution in [0.25, 0.3) is 0 Å². The van der Waals surface area contributed by atoms with Crippen molar-refractivity contribution in [1.29, 1.82) is 0 Å². The minimum absolute atomic E-state index is 0.00258. The molecule has 0 spiro atoms. The van der Waals surface area contributed by atoms with E-state index in [1.165, 1.54) is 44.9 Å². The SMILES string of the molecule is O=C(OCC1CCC2OC2C1)C1CCC2OC2C1.c1ccc(N2COc3ccccc3C2)cc1.c1ccc2c(c1)CN(c1ccc(Cc3ccc(N4COc5ccccc5C4)cc3)cc1)CO2. The molecule has 0 N–H and O–H groups in total. The molecule has 2 saturated heterocycles. The maximum absolute atomic E-state index is 12.0. The van der Waals surface area contributed by atoms with Gasteiger partial charge in [0.25, 0.3) is 0 Å². The van der Waals surface area contributed by atoms with Gasteiger partial charge in [0.1, 0.15) is 17.2 Å². The molecule has 6 aromatic rings. The van der Waals surface area contributed by atoms with Crippen LogP contribution in [0.1, 0.15) is 66.3 Å². The van der Waals surface area contributed by atoms with Crippen molar-refractivity contribution in [1.82, 2.24) is 0 Å². The van der Waals surface area contributed by atoms with E-state index < -0.39 is 0 Å². The Balaban J connectivity index is 0.000000122. The van der Waals surface area contributed by atoms with Crippen LogP contribution in [0, 0.1) is 11.8 Å². The number of anilines is 3. The summed E-state index contributed by atoms with van der Waals surface area (Å²) < 4.78 is 34.0. The highest BCUT2D eigenvalue weighted by Gasteiger charge is 2.47. The lowest BCUT2D eigenvalue weighted by Crippen LogP contribution is -2.31. The average Bonchev–Trinajstić information content (AvgIpc) is 4.34. The Morgan fingerprint density at radius 3 is 1.37 bits per heavy atom. The van der Waals surface area contributed by atoms with Gasteiger partial charge in [-0.05, 0) is 117 Å². The van der Waals surface area contributed by atoms with Gasteiger partial charge in [0.15, 0.2) is 20.2 Å². The van der Waals surface area contributed by atoms with Crippen LogP contribution in [0.3, 0.4) is 0 Å². The fourth-order valence-corrected chi connectivity index (χ4v) is 10.1. The molecule has 0 radical (unpaired) electrons. The number of esters is 1. The average molecular weight is 898 g/mol. The molecule has 0 aromatic heterocycles. The molecular formula is C57H59N3O7. The van der Waals surface area contributed by atoms with Gasteiger partial charge in [-0.25, -0.2) is 0 Å². The van der Waals surface area contributed by atoms with Crippen LogP contribution >= 0.6 is 0 Å². The first-order valence-corrected chi connectivity index (χ1v) is 24.1. The molecule has 67 heavy (non-hydrogen) atoms. The van der Waals surface area contributed by atoms with Gasteiger partial charge in [-0.2, -0.15) is 0 Å². The summed E-state index contributed by atoms with van der Waals surface area (Å²) in [6.45, 7) is 5.06. The van der Waals surface area contributed by atoms with Crippen molar-refractivity contribution >= 4 is 23.0 Å². The largest absolute Gasteiger partial charge is 0.473 e. The van der Waals surface area contributed by atoms with E-state index in [1.54, 1.807) is 0 Å². The summed E-state index contributed by atoms with van der Waals surface area (Å²) in [7, 11) is 0. The topological polar surface area (TPSA) is 88.8 Å². The van der Waals surface area contributed by atoms with Crippen molar-refractivity contribution in [2.45, 2.75) is 89.0 Å². The monoisotopic (exact) mass is 897 g/mol. The lowest BCUT2D eigenvalue weighted by Gasteiger charge is -2.31. The summed E-state index contributed by atoms with van der Waals surface area (Å²) >= 11 is 0. The van der Waals surface area contributed by atoms with E-state index in [0.29, 0.717) is 57.1 Å². The lowest BCUT2D eigenvalue weighted by molar-refractivity contribution is -0.151. The van der Waals surface area contributed by atoms with Gasteiger partial charge < -0.3 is 43.1 Å². The number of nitrogens with zero attached hydrogens (tertiary/aromatic N) is 3. The molecule has 13 rings (SSSR count). The highest BCUT2D eigenvalue weighted by Crippen LogP contribution is 2.42. The standard InChI is InChI=1S/C29H26N2O2.C14H13NO.C14H20O4/c1-3-7-28-24(5-1)18-30(20-32-28)26-13-9-22(10-14-26)17-23-11-15-27(16-12-23)31-19-25-6-2-4-8-29(25)33-21-31;1-2-7-13(8-3-1)15-10-12-6-4-5-9-14(12)16-11-15;15-14(9-2-4-11-13(6-9)18-11)16-7-8-1-3-10-12(5-8)17-10/h1-16H,17-21H2;1-9H,10-11H2;8-13H,1-7H2. The molecule has 10 heteroatoms. The molecule has 5 aliphatic heterocycles. The van der Waals surface area contributed by atoms with Gasteiger partial charge in [-0.15, -0.1) is 0 Å². The molecule has 2 aliphatic carbocycles. The minimum atomic E-state index is 0.00258. The highest BCUT2D eigenvalue weighted by molar-refractivity contribution is 5.72. The van der Waals surface area contributed by atoms with Crippen molar-refractivity contribution in [3.05, 3.63) is 179 Å². The van der Waals surface area contributed by atoms with Gasteiger partial charge in [0, 0.05) is 53.4 Å². The predicted molar refractivity (Wildman–Crippen MR) is 259 cm³/mol. The van der Waals surface area contributed by atoms with E-state index in [1.807, 2.05) is 42.5 Å². The second kappa shape index (κ2) is 19.8. The fourth-order valence-electron chi connectivity index (χ4n) is 10.1. The number of ether oxygens (including phenoxy) is 6. The van der Waals surface area contributed by atoms with Gasteiger partial charge in [0.2, 0.25) is 0 Å². The van der Waals surface area contributed by atoms with Crippen molar-refractivity contribution in [2.24, 2.45) is 11.8 Å². The first-order valence-electron chi connectivity index (χ1n) is 24.1. The first-order chi connectivity index (χ1) is 33.0. The van der Waals surface area contributed by atoms with E-state index in [0.717, 1.165) is 81.8 Å². The highest BCUT2D eigenvalue weighted by atomic mass is 16.6. The molecule has 344 valence electrons. The fraction of sp³-hybridized carbons (Fsp3) is 0.351. The third kappa shape index (κ3) is 10.6. The molecule has 0 bridgehead atoms. The van der Waals surface area contributed by atoms with Crippen molar-refractivity contribution in [2.75, 3.05) is 41.5 Å². The summed E-state index contributed by atoms with van der Waals surface area (Å²) in [4.78, 5) is 18.7. The Morgan fingerprint density at radius 1 is 0.463 bits per heavy atom. The Labute approximate surface area is 393 Å². The van der Waals surface area contributed by atoms with Crippen LogP contribution in [0.4, 0.5) is 17.1 Å². The van der Waals surface area contributed by atoms with Crippen LogP contribution in [0.5, 0.6) is 17.2 Å². The summed E-state index contributed by atoms with van der Waals surface area (Å²) in [6, 6.07) is 52.8. The summed E-state index contributed by atoms with van der Waals surface area (Å²) in [5, 5.41) is 0. The normalized spacial score (nSPS) is 23.7. The quantitative estimate of drug-likeness (QED) is 0.109. The van der Waals surface area contributed by atoms with Crippen LogP contribution in [-0.4, -0.2) is 57.2 Å². The van der Waals surface area contributed by atoms with Crippen molar-refractivity contribution in [3.8, 4) is 17.2 Å². The molecule has 6 aromatic carbocycles. The second-order valence-electron chi connectivity index (χ2n) is 18.8. The van der Waals surface area contributed by atoms with Crippen molar-refractivity contribution in [3.63, 3.8) is 0 Å². The maximum atomic E-state index is 12.0. The van der Waals surface area contributed by atoms with Crippen LogP contribution in [-0.2, 0) is 45.1 Å². The molecule has 0 amide bonds. The molecule has 10 nitrogen and oxygen atoms in total. The molecule has 6 unspecified atom stereocenters. The van der Waals surface area contributed by atoms with E-state index in [4.69, 9.17) is 28.4 Å². The summed E-state index contributed by atoms with van der Waals surface area (Å²) in [5.41, 5.74) is 9.91. The van der Waals surface area contributed by atoms with E-state index in [2.05, 4.69) is 124 Å². The predicted octanol–water partition coefficient (Wildman–Crippen LogP) is 10.7. The minimum Gasteiger partial charge on any atom is -0.473 e. The number of hydrogen-bond donors (Lipinski definition) is 0. The Morgan fingerprint density at radius 2 is 0.896 bits per heavy atom. The lowest BCUT2D eigenvalue weighted by atomic mass is 9.89. The zero-order valence-corrected chi connectivity index (χ0v) is 38.0. The Bertz CT molecular complexity index is 2510. The number of carbonyl (C=O) groups is 1. The van der Waals surface area contributed by atoms with Gasteiger partial charge in [-0.3, -0.25) is 4.79 Å². The van der Waals surface area contributed by atoms with E-state index >= 15 is 0 Å². The number of fused-ring (bicyclic) bond motifs is 5. The number of benzene rings is 6. The molecule has 7 aliphatic rings. The van der Waals surface area contributed by atoms with E-state index in [-0.39, 0.29) is 11.9 Å². The van der Waals surface area contributed by atoms with Crippen molar-refractivity contribution < 1.29 is 33.2 Å². The molecule has 6 atom stereocenters. The summed E-state index contributed by atoms with van der Waals surface area (Å²) in [5.74, 6) is 3.61. The summed E-state index contributed by atoms with van der Waals surface area (Å²) in [6.07, 6.45) is 8.95. The Hall–Kier alpha value is -6.49. The zero-order valence-electron chi connectivity index (χ0n) is 38.0. The first kappa shape index (κ1) is 43.1. The Kier molecular flexibility index (Phi) is 12.7. The number of rotatable bonds is 8. The van der Waals surface area contributed by atoms with Crippen LogP contribution in [0.2, 0.25) is 0 Å². The van der Waals surface area contributed by atoms with E-state index in [9.17, 15) is 4.79 Å². The van der Waals surface area contributed by atoms with Gasteiger partial charge in [0.05, 0.1) is 36.9 Å². The van der Waals surface area contributed by atoms with Crippen LogP contribution < -0.4 is 28.9 Å². The third-order valence-electron chi connectivity index (χ3n) is 14.2. The molecular weight excluding hydrogens is 839 g/mol. The number of hydrogen-bond acceptors (Lipinski definition) is 10.